The van der Waals surface area contributed by atoms with Gasteiger partial charge < -0.3 is 19.4 Å². The number of nitrogens with zero attached hydrogens (tertiary/aromatic N) is 5. The number of amides is 2. The van der Waals surface area contributed by atoms with Gasteiger partial charge in [-0.15, -0.1) is 32.9 Å². The van der Waals surface area contributed by atoms with E-state index in [-0.39, 0.29) is 30.2 Å². The van der Waals surface area contributed by atoms with Crippen molar-refractivity contribution < 1.29 is 19.1 Å². The summed E-state index contributed by atoms with van der Waals surface area (Å²) in [4.78, 5) is 28.2. The standard InChI is InChI=1S/C32H30N6O4S3/c1-41-25-12-6-11-22(30(25)42-2)24-17-23(26-13-7-15-43-26)36-38(24)29(39)20-45-32-35-34-28(18-33-31(40)27-14-8-16-44-27)37(32)19-21-9-4-3-5-10-21/h3-16,24H,17-20H2,1-2H3,(H,33,40)/t24-/m0/s1. The maximum Gasteiger partial charge on any atom is 0.261 e. The molecule has 5 aromatic rings. The minimum atomic E-state index is -0.370. The lowest BCUT2D eigenvalue weighted by molar-refractivity contribution is -0.130. The molecule has 1 atom stereocenters. The van der Waals surface area contributed by atoms with Crippen LogP contribution in [0, 0.1) is 0 Å². The topological polar surface area (TPSA) is 111 Å². The van der Waals surface area contributed by atoms with Crippen molar-refractivity contribution in [2.24, 2.45) is 5.10 Å². The Hall–Kier alpha value is -4.46. The predicted molar refractivity (Wildman–Crippen MR) is 176 cm³/mol. The first-order chi connectivity index (χ1) is 22.1. The van der Waals surface area contributed by atoms with Crippen molar-refractivity contribution in [3.05, 3.63) is 110 Å². The number of thiophene rings is 2. The molecule has 4 heterocycles. The van der Waals surface area contributed by atoms with Crippen LogP contribution in [0.5, 0.6) is 11.5 Å². The quantitative estimate of drug-likeness (QED) is 0.167. The zero-order valence-electron chi connectivity index (χ0n) is 24.6. The number of hydrogen-bond donors (Lipinski definition) is 1. The molecule has 230 valence electrons. The second-order valence-corrected chi connectivity index (χ2v) is 12.8. The van der Waals surface area contributed by atoms with E-state index in [1.165, 1.54) is 23.1 Å². The molecule has 0 bridgehead atoms. The molecule has 3 aromatic heterocycles. The molecule has 1 aliphatic heterocycles. The Morgan fingerprint density at radius 1 is 0.956 bits per heavy atom. The van der Waals surface area contributed by atoms with E-state index in [2.05, 4.69) is 15.5 Å². The summed E-state index contributed by atoms with van der Waals surface area (Å²) in [5.41, 5.74) is 2.71. The summed E-state index contributed by atoms with van der Waals surface area (Å²) >= 11 is 4.26. The van der Waals surface area contributed by atoms with E-state index in [4.69, 9.17) is 14.6 Å². The first-order valence-corrected chi connectivity index (χ1v) is 16.8. The van der Waals surface area contributed by atoms with E-state index in [0.29, 0.717) is 40.3 Å². The highest BCUT2D eigenvalue weighted by Crippen LogP contribution is 2.42. The normalized spacial score (nSPS) is 14.3. The zero-order chi connectivity index (χ0) is 31.2. The number of rotatable bonds is 12. The maximum atomic E-state index is 13.9. The summed E-state index contributed by atoms with van der Waals surface area (Å²) in [6.07, 6.45) is 0.540. The van der Waals surface area contributed by atoms with Crippen LogP contribution in [0.3, 0.4) is 0 Å². The Labute approximate surface area is 272 Å². The number of carbonyl (C=O) groups is 2. The van der Waals surface area contributed by atoms with Crippen molar-refractivity contribution in [3.8, 4) is 11.5 Å². The fraction of sp³-hybridized carbons (Fsp3) is 0.219. The third-order valence-corrected chi connectivity index (χ3v) is 9.96. The van der Waals surface area contributed by atoms with E-state index in [1.807, 2.05) is 82.1 Å². The number of aromatic nitrogens is 3. The molecule has 0 saturated heterocycles. The van der Waals surface area contributed by atoms with E-state index >= 15 is 0 Å². The third kappa shape index (κ3) is 6.80. The summed E-state index contributed by atoms with van der Waals surface area (Å²) in [6.45, 7) is 0.686. The fourth-order valence-corrected chi connectivity index (χ4v) is 7.25. The van der Waals surface area contributed by atoms with Gasteiger partial charge in [-0.05, 0) is 34.5 Å². The highest BCUT2D eigenvalue weighted by atomic mass is 32.2. The minimum Gasteiger partial charge on any atom is -0.493 e. The summed E-state index contributed by atoms with van der Waals surface area (Å²) in [5.74, 6) is 1.50. The molecule has 0 fully saturated rings. The zero-order valence-corrected chi connectivity index (χ0v) is 27.0. The van der Waals surface area contributed by atoms with Gasteiger partial charge in [-0.2, -0.15) is 5.10 Å². The number of para-hydroxylation sites is 1. The molecule has 2 amide bonds. The average molecular weight is 659 g/mol. The molecule has 1 N–H and O–H groups in total. The van der Waals surface area contributed by atoms with Crippen LogP contribution in [0.1, 0.15) is 44.0 Å². The van der Waals surface area contributed by atoms with Crippen molar-refractivity contribution in [3.63, 3.8) is 0 Å². The van der Waals surface area contributed by atoms with Gasteiger partial charge in [0.15, 0.2) is 22.5 Å². The number of hydrogen-bond acceptors (Lipinski definition) is 10. The van der Waals surface area contributed by atoms with Crippen molar-refractivity contribution in [1.82, 2.24) is 25.1 Å². The summed E-state index contributed by atoms with van der Waals surface area (Å²) in [6, 6.07) is 22.8. The van der Waals surface area contributed by atoms with Crippen LogP contribution in [0.2, 0.25) is 0 Å². The van der Waals surface area contributed by atoms with Gasteiger partial charge in [0.25, 0.3) is 11.8 Å². The summed E-state index contributed by atoms with van der Waals surface area (Å²) in [5, 5.41) is 22.6. The second-order valence-electron chi connectivity index (χ2n) is 9.98. The van der Waals surface area contributed by atoms with Gasteiger partial charge in [-0.1, -0.05) is 66.4 Å². The maximum absolute atomic E-state index is 13.9. The van der Waals surface area contributed by atoms with Gasteiger partial charge in [0.05, 0.1) is 54.6 Å². The SMILES string of the molecule is COc1cccc([C@@H]2CC(c3cccs3)=NN2C(=O)CSc2nnc(CNC(=O)c3cccs3)n2Cc2ccccc2)c1OC. The number of carbonyl (C=O) groups excluding carboxylic acids is 2. The van der Waals surface area contributed by atoms with Gasteiger partial charge in [0, 0.05) is 12.0 Å². The summed E-state index contributed by atoms with van der Waals surface area (Å²) in [7, 11) is 3.19. The van der Waals surface area contributed by atoms with Crippen LogP contribution in [-0.2, 0) is 17.9 Å². The highest BCUT2D eigenvalue weighted by molar-refractivity contribution is 7.99. The number of ether oxygens (including phenoxy) is 2. The van der Waals surface area contributed by atoms with Gasteiger partial charge in [-0.3, -0.25) is 9.59 Å². The van der Waals surface area contributed by atoms with Crippen molar-refractivity contribution in [2.75, 3.05) is 20.0 Å². The van der Waals surface area contributed by atoms with Gasteiger partial charge in [-0.25, -0.2) is 5.01 Å². The predicted octanol–water partition coefficient (Wildman–Crippen LogP) is 5.87. The summed E-state index contributed by atoms with van der Waals surface area (Å²) < 4.78 is 13.2. The average Bonchev–Trinajstić information content (AvgIpc) is 3.90. The molecule has 0 radical (unpaired) electrons. The highest BCUT2D eigenvalue weighted by Gasteiger charge is 2.36. The number of hydrazone groups is 1. The number of thioether (sulfide) groups is 1. The van der Waals surface area contributed by atoms with Crippen LogP contribution in [-0.4, -0.2) is 57.3 Å². The lowest BCUT2D eigenvalue weighted by Gasteiger charge is -2.24. The molecule has 0 saturated carbocycles. The molecule has 0 spiro atoms. The largest absolute Gasteiger partial charge is 0.493 e. The molecule has 1 aliphatic rings. The van der Waals surface area contributed by atoms with Crippen molar-refractivity contribution in [1.29, 1.82) is 0 Å². The molecule has 2 aromatic carbocycles. The fourth-order valence-electron chi connectivity index (χ4n) is 5.08. The van der Waals surface area contributed by atoms with Gasteiger partial charge in [0.2, 0.25) is 0 Å². The Balaban J connectivity index is 1.24. The van der Waals surface area contributed by atoms with Crippen LogP contribution < -0.4 is 14.8 Å². The van der Waals surface area contributed by atoms with E-state index in [1.54, 1.807) is 36.6 Å². The van der Waals surface area contributed by atoms with Crippen LogP contribution in [0.25, 0.3) is 0 Å². The van der Waals surface area contributed by atoms with E-state index in [9.17, 15) is 9.59 Å². The van der Waals surface area contributed by atoms with Crippen molar-refractivity contribution in [2.45, 2.75) is 30.7 Å². The Bertz CT molecular complexity index is 1790. The second kappa shape index (κ2) is 14.1. The Morgan fingerprint density at radius 3 is 2.51 bits per heavy atom. The molecule has 0 unspecified atom stereocenters. The third-order valence-electron chi connectivity index (χ3n) is 7.22. The molecule has 45 heavy (non-hydrogen) atoms. The Kier molecular flexibility index (Phi) is 9.58. The van der Waals surface area contributed by atoms with Crippen LogP contribution in [0.15, 0.2) is 93.8 Å². The van der Waals surface area contributed by atoms with Crippen LogP contribution >= 0.6 is 34.4 Å². The van der Waals surface area contributed by atoms with Crippen LogP contribution in [0.4, 0.5) is 0 Å². The molecule has 0 aliphatic carbocycles. The van der Waals surface area contributed by atoms with E-state index in [0.717, 1.165) is 21.7 Å². The number of nitrogens with one attached hydrogen (secondary N) is 1. The minimum absolute atomic E-state index is 0.0818. The smallest absolute Gasteiger partial charge is 0.261 e. The molecule has 10 nitrogen and oxygen atoms in total. The lowest BCUT2D eigenvalue weighted by Crippen LogP contribution is -2.29. The van der Waals surface area contributed by atoms with Crippen molar-refractivity contribution >= 4 is 52.0 Å². The first-order valence-electron chi connectivity index (χ1n) is 14.1. The molecular formula is C32H30N6O4S3. The van der Waals surface area contributed by atoms with Gasteiger partial charge >= 0.3 is 0 Å². The molecular weight excluding hydrogens is 629 g/mol. The first kappa shape index (κ1) is 30.6. The number of benzene rings is 2. The molecule has 13 heteroatoms. The monoisotopic (exact) mass is 658 g/mol. The number of methoxy groups -OCH3 is 2. The molecule has 6 rings (SSSR count). The van der Waals surface area contributed by atoms with Gasteiger partial charge in [0.1, 0.15) is 0 Å². The lowest BCUT2D eigenvalue weighted by atomic mass is 9.99. The van der Waals surface area contributed by atoms with E-state index < -0.39 is 0 Å². The Morgan fingerprint density at radius 2 is 1.78 bits per heavy atom.